The van der Waals surface area contributed by atoms with Crippen LogP contribution in [0.25, 0.3) is 0 Å². The van der Waals surface area contributed by atoms with E-state index in [1.807, 2.05) is 6.07 Å². The third kappa shape index (κ3) is 3.66. The lowest BCUT2D eigenvalue weighted by Gasteiger charge is -2.27. The number of piperazine rings is 1. The molecule has 0 aromatic heterocycles. The molecule has 1 N–H and O–H groups in total. The molecule has 1 aliphatic heterocycles. The monoisotopic (exact) mass is 294 g/mol. The molecule has 2 fully saturated rings. The van der Waals surface area contributed by atoms with Gasteiger partial charge in [0.2, 0.25) is 0 Å². The topological polar surface area (TPSA) is 24.5 Å². The SMILES string of the molecule is Clc1cc(CN2CCNCC2)ccc1OC1CCCC1. The number of halogens is 1. The average Bonchev–Trinajstić information content (AvgIpc) is 2.96. The van der Waals surface area contributed by atoms with E-state index in [1.165, 1.54) is 31.2 Å². The van der Waals surface area contributed by atoms with E-state index in [9.17, 15) is 0 Å². The van der Waals surface area contributed by atoms with Gasteiger partial charge in [-0.25, -0.2) is 0 Å². The summed E-state index contributed by atoms with van der Waals surface area (Å²) in [6.07, 6.45) is 5.26. The van der Waals surface area contributed by atoms with Crippen molar-refractivity contribution < 1.29 is 4.74 Å². The second-order valence-corrected chi connectivity index (χ2v) is 6.22. The van der Waals surface area contributed by atoms with Crippen molar-refractivity contribution in [1.82, 2.24) is 10.2 Å². The van der Waals surface area contributed by atoms with Crippen molar-refractivity contribution in [2.24, 2.45) is 0 Å². The lowest BCUT2D eigenvalue weighted by Crippen LogP contribution is -2.42. The van der Waals surface area contributed by atoms with Gasteiger partial charge in [0, 0.05) is 32.7 Å². The second kappa shape index (κ2) is 6.79. The number of nitrogens with zero attached hydrogens (tertiary/aromatic N) is 1. The van der Waals surface area contributed by atoms with E-state index in [1.54, 1.807) is 0 Å². The highest BCUT2D eigenvalue weighted by Gasteiger charge is 2.18. The summed E-state index contributed by atoms with van der Waals surface area (Å²) in [5.74, 6) is 0.850. The number of rotatable bonds is 4. The fourth-order valence-electron chi connectivity index (χ4n) is 3.05. The van der Waals surface area contributed by atoms with Gasteiger partial charge in [-0.05, 0) is 43.4 Å². The summed E-state index contributed by atoms with van der Waals surface area (Å²) < 4.78 is 6.00. The molecule has 4 heteroatoms. The maximum Gasteiger partial charge on any atom is 0.138 e. The van der Waals surface area contributed by atoms with Crippen LogP contribution in [0.5, 0.6) is 5.75 Å². The molecule has 3 rings (SSSR count). The van der Waals surface area contributed by atoms with E-state index < -0.39 is 0 Å². The van der Waals surface area contributed by atoms with Crippen LogP contribution >= 0.6 is 11.6 Å². The van der Waals surface area contributed by atoms with Gasteiger partial charge in [0.25, 0.3) is 0 Å². The molecule has 20 heavy (non-hydrogen) atoms. The quantitative estimate of drug-likeness (QED) is 0.924. The summed E-state index contributed by atoms with van der Waals surface area (Å²) in [5.41, 5.74) is 1.27. The largest absolute Gasteiger partial charge is 0.489 e. The third-order valence-corrected chi connectivity index (χ3v) is 4.50. The Labute approximate surface area is 126 Å². The second-order valence-electron chi connectivity index (χ2n) is 5.82. The molecule has 1 saturated carbocycles. The standard InChI is InChI=1S/C16H23ClN2O/c17-15-11-13(12-19-9-7-18-8-10-19)5-6-16(15)20-14-3-1-2-4-14/h5-6,11,14,18H,1-4,7-10,12H2. The highest BCUT2D eigenvalue weighted by Crippen LogP contribution is 2.30. The van der Waals surface area contributed by atoms with Crippen LogP contribution in [0, 0.1) is 0 Å². The molecule has 1 aliphatic carbocycles. The summed E-state index contributed by atoms with van der Waals surface area (Å²) >= 11 is 6.37. The van der Waals surface area contributed by atoms with Gasteiger partial charge in [-0.15, -0.1) is 0 Å². The summed E-state index contributed by atoms with van der Waals surface area (Å²) in [7, 11) is 0. The lowest BCUT2D eigenvalue weighted by molar-refractivity contribution is 0.209. The zero-order chi connectivity index (χ0) is 13.8. The molecule has 110 valence electrons. The minimum Gasteiger partial charge on any atom is -0.489 e. The van der Waals surface area contributed by atoms with E-state index in [0.29, 0.717) is 6.10 Å². The Hall–Kier alpha value is -0.770. The first-order valence-corrected chi connectivity index (χ1v) is 8.07. The van der Waals surface area contributed by atoms with Crippen LogP contribution < -0.4 is 10.1 Å². The predicted octanol–water partition coefficient (Wildman–Crippen LogP) is 3.07. The van der Waals surface area contributed by atoms with Crippen molar-refractivity contribution in [2.75, 3.05) is 26.2 Å². The summed E-state index contributed by atoms with van der Waals surface area (Å²) in [6, 6.07) is 6.25. The van der Waals surface area contributed by atoms with Crippen molar-refractivity contribution in [1.29, 1.82) is 0 Å². The minimum atomic E-state index is 0.367. The smallest absolute Gasteiger partial charge is 0.138 e. The maximum atomic E-state index is 6.37. The van der Waals surface area contributed by atoms with Gasteiger partial charge in [0.15, 0.2) is 0 Å². The average molecular weight is 295 g/mol. The van der Waals surface area contributed by atoms with E-state index in [0.717, 1.165) is 43.5 Å². The van der Waals surface area contributed by atoms with Crippen LogP contribution in [0.3, 0.4) is 0 Å². The highest BCUT2D eigenvalue weighted by atomic mass is 35.5. The number of benzene rings is 1. The zero-order valence-corrected chi connectivity index (χ0v) is 12.7. The number of hydrogen-bond acceptors (Lipinski definition) is 3. The first-order valence-electron chi connectivity index (χ1n) is 7.69. The van der Waals surface area contributed by atoms with E-state index in [2.05, 4.69) is 22.3 Å². The Bertz CT molecular complexity index is 440. The van der Waals surface area contributed by atoms with Crippen LogP contribution in [0.15, 0.2) is 18.2 Å². The molecule has 1 aromatic rings. The molecular formula is C16H23ClN2O. The Morgan fingerprint density at radius 3 is 2.65 bits per heavy atom. The Kier molecular flexibility index (Phi) is 4.81. The maximum absolute atomic E-state index is 6.37. The zero-order valence-electron chi connectivity index (χ0n) is 11.9. The molecular weight excluding hydrogens is 272 g/mol. The fraction of sp³-hybridized carbons (Fsp3) is 0.625. The van der Waals surface area contributed by atoms with Crippen LogP contribution in [0.1, 0.15) is 31.2 Å². The lowest BCUT2D eigenvalue weighted by atomic mass is 10.2. The molecule has 3 nitrogen and oxygen atoms in total. The molecule has 2 aliphatic rings. The molecule has 1 aromatic carbocycles. The predicted molar refractivity (Wildman–Crippen MR) is 82.5 cm³/mol. The van der Waals surface area contributed by atoms with Gasteiger partial charge in [0.05, 0.1) is 11.1 Å². The van der Waals surface area contributed by atoms with Crippen molar-refractivity contribution in [3.05, 3.63) is 28.8 Å². The van der Waals surface area contributed by atoms with Gasteiger partial charge < -0.3 is 10.1 Å². The molecule has 0 atom stereocenters. The Morgan fingerprint density at radius 1 is 1.20 bits per heavy atom. The molecule has 0 radical (unpaired) electrons. The molecule has 1 saturated heterocycles. The van der Waals surface area contributed by atoms with Crippen molar-refractivity contribution in [2.45, 2.75) is 38.3 Å². The van der Waals surface area contributed by atoms with Gasteiger partial charge in [-0.1, -0.05) is 17.7 Å². The normalized spacial score (nSPS) is 21.2. The van der Waals surface area contributed by atoms with E-state index in [4.69, 9.17) is 16.3 Å². The van der Waals surface area contributed by atoms with Crippen LogP contribution in [-0.4, -0.2) is 37.2 Å². The molecule has 1 heterocycles. The first kappa shape index (κ1) is 14.2. The Balaban J connectivity index is 1.60. The molecule has 0 bridgehead atoms. The molecule has 0 amide bonds. The van der Waals surface area contributed by atoms with Crippen LogP contribution in [-0.2, 0) is 6.54 Å². The highest BCUT2D eigenvalue weighted by molar-refractivity contribution is 6.32. The Morgan fingerprint density at radius 2 is 1.95 bits per heavy atom. The summed E-state index contributed by atoms with van der Waals surface area (Å²) in [5, 5.41) is 4.13. The minimum absolute atomic E-state index is 0.367. The van der Waals surface area contributed by atoms with E-state index >= 15 is 0 Å². The molecule has 0 unspecified atom stereocenters. The summed E-state index contributed by atoms with van der Waals surface area (Å²) in [4.78, 5) is 2.46. The summed E-state index contributed by atoms with van der Waals surface area (Å²) in [6.45, 7) is 5.36. The fourth-order valence-corrected chi connectivity index (χ4v) is 3.30. The van der Waals surface area contributed by atoms with Gasteiger partial charge in [-0.3, -0.25) is 4.90 Å². The van der Waals surface area contributed by atoms with Gasteiger partial charge in [-0.2, -0.15) is 0 Å². The van der Waals surface area contributed by atoms with Crippen molar-refractivity contribution in [3.8, 4) is 5.75 Å². The third-order valence-electron chi connectivity index (χ3n) is 4.21. The van der Waals surface area contributed by atoms with Crippen molar-refractivity contribution >= 4 is 11.6 Å². The van der Waals surface area contributed by atoms with Gasteiger partial charge in [0.1, 0.15) is 5.75 Å². The van der Waals surface area contributed by atoms with Gasteiger partial charge >= 0.3 is 0 Å². The molecule has 0 spiro atoms. The van der Waals surface area contributed by atoms with Crippen LogP contribution in [0.4, 0.5) is 0 Å². The number of nitrogens with one attached hydrogen (secondary N) is 1. The van der Waals surface area contributed by atoms with Crippen LogP contribution in [0.2, 0.25) is 5.02 Å². The van der Waals surface area contributed by atoms with Crippen molar-refractivity contribution in [3.63, 3.8) is 0 Å². The number of ether oxygens (including phenoxy) is 1. The first-order chi connectivity index (χ1) is 9.81. The number of hydrogen-bond donors (Lipinski definition) is 1. The van der Waals surface area contributed by atoms with E-state index in [-0.39, 0.29) is 0 Å².